The lowest BCUT2D eigenvalue weighted by molar-refractivity contribution is 0.0689. The molecule has 3 nitrogen and oxygen atoms in total. The Kier molecular flexibility index (Phi) is 3.95. The Labute approximate surface area is 120 Å². The highest BCUT2D eigenvalue weighted by Gasteiger charge is 2.17. The fourth-order valence-electron chi connectivity index (χ4n) is 1.89. The number of hydrogen-bond donors (Lipinski definition) is 1. The summed E-state index contributed by atoms with van der Waals surface area (Å²) in [7, 11) is 0. The van der Waals surface area contributed by atoms with Gasteiger partial charge in [0.15, 0.2) is 0 Å². The Hall–Kier alpha value is -2.07. The highest BCUT2D eigenvalue weighted by atomic mass is 35.5. The van der Waals surface area contributed by atoms with Crippen LogP contribution < -0.4 is 4.74 Å². The van der Waals surface area contributed by atoms with Crippen molar-refractivity contribution in [3.8, 4) is 11.5 Å². The number of ether oxygens (including phenoxy) is 1. The fourth-order valence-corrected chi connectivity index (χ4v) is 2.00. The zero-order valence-corrected chi connectivity index (χ0v) is 11.7. The van der Waals surface area contributed by atoms with E-state index in [1.807, 2.05) is 13.8 Å². The minimum absolute atomic E-state index is 0.0429. The number of aromatic carboxylic acids is 1. The Morgan fingerprint density at radius 1 is 1.25 bits per heavy atom. The van der Waals surface area contributed by atoms with E-state index in [9.17, 15) is 9.18 Å². The van der Waals surface area contributed by atoms with Crippen LogP contribution in [-0.4, -0.2) is 11.1 Å². The minimum atomic E-state index is -1.37. The lowest BCUT2D eigenvalue weighted by atomic mass is 10.1. The molecule has 0 aliphatic carbocycles. The molecular formula is C15H12ClFO3. The molecule has 20 heavy (non-hydrogen) atoms. The largest absolute Gasteiger partial charge is 0.477 e. The van der Waals surface area contributed by atoms with Crippen molar-refractivity contribution in [1.82, 2.24) is 0 Å². The number of rotatable bonds is 3. The molecule has 0 amide bonds. The van der Waals surface area contributed by atoms with Gasteiger partial charge >= 0.3 is 5.97 Å². The van der Waals surface area contributed by atoms with Crippen LogP contribution in [-0.2, 0) is 0 Å². The molecule has 2 aromatic carbocycles. The van der Waals surface area contributed by atoms with E-state index >= 15 is 0 Å². The van der Waals surface area contributed by atoms with Gasteiger partial charge in [-0.25, -0.2) is 9.18 Å². The molecule has 5 heteroatoms. The van der Waals surface area contributed by atoms with Crippen LogP contribution in [0.15, 0.2) is 30.3 Å². The van der Waals surface area contributed by atoms with Crippen LogP contribution in [0.5, 0.6) is 11.5 Å². The van der Waals surface area contributed by atoms with Crippen LogP contribution in [0.2, 0.25) is 5.02 Å². The Morgan fingerprint density at radius 2 is 1.85 bits per heavy atom. The summed E-state index contributed by atoms with van der Waals surface area (Å²) in [4.78, 5) is 11.1. The van der Waals surface area contributed by atoms with Crippen LogP contribution in [0.3, 0.4) is 0 Å². The molecule has 0 aromatic heterocycles. The topological polar surface area (TPSA) is 46.5 Å². The van der Waals surface area contributed by atoms with Gasteiger partial charge < -0.3 is 9.84 Å². The molecular weight excluding hydrogens is 283 g/mol. The molecule has 104 valence electrons. The highest BCUT2D eigenvalue weighted by Crippen LogP contribution is 2.31. The van der Waals surface area contributed by atoms with Crippen molar-refractivity contribution in [2.75, 3.05) is 0 Å². The maximum atomic E-state index is 13.5. The van der Waals surface area contributed by atoms with E-state index < -0.39 is 17.3 Å². The molecule has 1 N–H and O–H groups in total. The second kappa shape index (κ2) is 5.51. The van der Waals surface area contributed by atoms with Gasteiger partial charge in [-0.3, -0.25) is 0 Å². The van der Waals surface area contributed by atoms with Gasteiger partial charge in [0.2, 0.25) is 0 Å². The van der Waals surface area contributed by atoms with Gasteiger partial charge in [-0.1, -0.05) is 17.7 Å². The summed E-state index contributed by atoms with van der Waals surface area (Å²) in [5.74, 6) is -1.84. The third-order valence-corrected chi connectivity index (χ3v) is 3.42. The summed E-state index contributed by atoms with van der Waals surface area (Å²) < 4.78 is 19.0. The number of carbonyl (C=O) groups is 1. The average Bonchev–Trinajstić information content (AvgIpc) is 2.35. The number of carboxylic acids is 1. The first kappa shape index (κ1) is 14.3. The summed E-state index contributed by atoms with van der Waals surface area (Å²) in [5, 5.41) is 9.66. The van der Waals surface area contributed by atoms with Crippen molar-refractivity contribution in [3.63, 3.8) is 0 Å². The number of halogens is 2. The van der Waals surface area contributed by atoms with Crippen LogP contribution in [0.4, 0.5) is 4.39 Å². The summed E-state index contributed by atoms with van der Waals surface area (Å²) in [6, 6.07) is 7.23. The van der Waals surface area contributed by atoms with E-state index in [4.69, 9.17) is 21.4 Å². The third kappa shape index (κ3) is 2.75. The van der Waals surface area contributed by atoms with Crippen molar-refractivity contribution >= 4 is 17.6 Å². The van der Waals surface area contributed by atoms with Crippen LogP contribution >= 0.6 is 11.6 Å². The predicted octanol–water partition coefficient (Wildman–Crippen LogP) is 4.59. The van der Waals surface area contributed by atoms with Gasteiger partial charge in [0.1, 0.15) is 22.9 Å². The average molecular weight is 295 g/mol. The Balaban J connectivity index is 2.45. The van der Waals surface area contributed by atoms with E-state index in [0.717, 1.165) is 17.2 Å². The van der Waals surface area contributed by atoms with Crippen LogP contribution in [0.1, 0.15) is 21.5 Å². The molecule has 0 radical (unpaired) electrons. The number of hydrogen-bond acceptors (Lipinski definition) is 2. The number of aryl methyl sites for hydroxylation is 2. The number of benzene rings is 2. The van der Waals surface area contributed by atoms with Crippen molar-refractivity contribution in [1.29, 1.82) is 0 Å². The summed E-state index contributed by atoms with van der Waals surface area (Å²) in [6.45, 7) is 3.62. The van der Waals surface area contributed by atoms with Crippen molar-refractivity contribution in [3.05, 3.63) is 57.9 Å². The molecule has 0 saturated carbocycles. The lowest BCUT2D eigenvalue weighted by Gasteiger charge is -2.11. The van der Waals surface area contributed by atoms with Crippen molar-refractivity contribution < 1.29 is 19.0 Å². The maximum Gasteiger partial charge on any atom is 0.342 e. The quantitative estimate of drug-likeness (QED) is 0.901. The molecule has 2 rings (SSSR count). The minimum Gasteiger partial charge on any atom is -0.477 e. The van der Waals surface area contributed by atoms with E-state index in [1.165, 1.54) is 12.1 Å². The molecule has 2 aromatic rings. The Bertz CT molecular complexity index is 660. The fraction of sp³-hybridized carbons (Fsp3) is 0.133. The van der Waals surface area contributed by atoms with Crippen LogP contribution in [0.25, 0.3) is 0 Å². The smallest absolute Gasteiger partial charge is 0.342 e. The molecule has 0 saturated heterocycles. The summed E-state index contributed by atoms with van der Waals surface area (Å²) >= 11 is 6.05. The zero-order valence-electron chi connectivity index (χ0n) is 10.9. The second-order valence-corrected chi connectivity index (χ2v) is 4.77. The first-order valence-electron chi connectivity index (χ1n) is 5.86. The monoisotopic (exact) mass is 294 g/mol. The third-order valence-electron chi connectivity index (χ3n) is 2.83. The molecule has 0 aliphatic heterocycles. The normalized spacial score (nSPS) is 10.4. The van der Waals surface area contributed by atoms with Gasteiger partial charge in [-0.2, -0.15) is 0 Å². The second-order valence-electron chi connectivity index (χ2n) is 4.39. The molecule has 0 spiro atoms. The van der Waals surface area contributed by atoms with Gasteiger partial charge in [0.05, 0.1) is 0 Å². The summed E-state index contributed by atoms with van der Waals surface area (Å²) in [6.07, 6.45) is 0. The van der Waals surface area contributed by atoms with E-state index in [0.29, 0.717) is 10.8 Å². The maximum absolute atomic E-state index is 13.5. The lowest BCUT2D eigenvalue weighted by Crippen LogP contribution is -2.03. The molecule has 0 atom stereocenters. The summed E-state index contributed by atoms with van der Waals surface area (Å²) in [5.41, 5.74) is 1.11. The van der Waals surface area contributed by atoms with Gasteiger partial charge in [-0.15, -0.1) is 0 Å². The van der Waals surface area contributed by atoms with E-state index in [2.05, 4.69) is 0 Å². The first-order chi connectivity index (χ1) is 9.40. The molecule has 0 aliphatic rings. The highest BCUT2D eigenvalue weighted by molar-refractivity contribution is 6.32. The van der Waals surface area contributed by atoms with E-state index in [-0.39, 0.29) is 5.75 Å². The Morgan fingerprint density at radius 3 is 2.40 bits per heavy atom. The van der Waals surface area contributed by atoms with Crippen LogP contribution in [0, 0.1) is 19.7 Å². The van der Waals surface area contributed by atoms with Crippen molar-refractivity contribution in [2.24, 2.45) is 0 Å². The predicted molar refractivity (Wildman–Crippen MR) is 74.4 cm³/mol. The molecule has 0 fully saturated rings. The molecule has 0 bridgehead atoms. The van der Waals surface area contributed by atoms with Crippen molar-refractivity contribution in [2.45, 2.75) is 13.8 Å². The van der Waals surface area contributed by atoms with Gasteiger partial charge in [0.25, 0.3) is 0 Å². The SMILES string of the molecule is Cc1cc(Oc2cccc(F)c2C(=O)O)cc(C)c1Cl. The standard InChI is InChI=1S/C15H12ClFO3/c1-8-6-10(7-9(2)14(8)16)20-12-5-3-4-11(17)13(12)15(18)19/h3-7H,1-2H3,(H,18,19). The van der Waals surface area contributed by atoms with Gasteiger partial charge in [0, 0.05) is 5.02 Å². The molecule has 0 unspecified atom stereocenters. The number of carboxylic acid groups (broad SMARTS) is 1. The van der Waals surface area contributed by atoms with E-state index in [1.54, 1.807) is 12.1 Å². The van der Waals surface area contributed by atoms with Gasteiger partial charge in [-0.05, 0) is 49.2 Å². The molecule has 0 heterocycles. The first-order valence-corrected chi connectivity index (χ1v) is 6.24. The zero-order chi connectivity index (χ0) is 14.9.